The number of para-hydroxylation sites is 2. The van der Waals surface area contributed by atoms with Crippen molar-refractivity contribution >= 4 is 43.5 Å². The van der Waals surface area contributed by atoms with Crippen molar-refractivity contribution in [2.45, 2.75) is 4.90 Å². The summed E-state index contributed by atoms with van der Waals surface area (Å²) < 4.78 is 28.9. The number of nitrogens with zero attached hydrogens (tertiary/aromatic N) is 3. The van der Waals surface area contributed by atoms with E-state index >= 15 is 0 Å². The number of primary sulfonamides is 1. The number of anilines is 2. The first kappa shape index (κ1) is 19.9. The van der Waals surface area contributed by atoms with Crippen LogP contribution < -0.4 is 15.2 Å². The third-order valence-corrected chi connectivity index (χ3v) is 5.74. The number of nitrogens with one attached hydrogen (secondary N) is 1. The molecular formula is C23H17N5O3S. The van der Waals surface area contributed by atoms with Gasteiger partial charge in [0.2, 0.25) is 16.0 Å². The second kappa shape index (κ2) is 7.88. The highest BCUT2D eigenvalue weighted by Gasteiger charge is 2.10. The van der Waals surface area contributed by atoms with Crippen molar-refractivity contribution in [1.82, 2.24) is 15.0 Å². The lowest BCUT2D eigenvalue weighted by Gasteiger charge is -2.10. The van der Waals surface area contributed by atoms with Gasteiger partial charge in [-0.15, -0.1) is 0 Å². The summed E-state index contributed by atoms with van der Waals surface area (Å²) in [5.41, 5.74) is 2.13. The lowest BCUT2D eigenvalue weighted by Crippen LogP contribution is -2.11. The fraction of sp³-hybridized carbons (Fsp3) is 0. The van der Waals surface area contributed by atoms with Crippen molar-refractivity contribution < 1.29 is 13.2 Å². The lowest BCUT2D eigenvalue weighted by molar-refractivity contribution is 0.486. The summed E-state index contributed by atoms with van der Waals surface area (Å²) in [6.07, 6.45) is 3.36. The van der Waals surface area contributed by atoms with E-state index in [0.717, 1.165) is 16.3 Å². The highest BCUT2D eigenvalue weighted by Crippen LogP contribution is 2.30. The standard InChI is InChI=1S/C23H17N5O3S/c24-32(29,30)19-10-8-17(9-11-19)27-23-26-13-16-5-3-7-21(22(16)28-23)31-18-12-15-4-1-2-6-20(15)25-14-18/h1-14H,(H2,24,29,30)(H,26,27,28). The Morgan fingerprint density at radius 3 is 2.44 bits per heavy atom. The van der Waals surface area contributed by atoms with E-state index in [1.54, 1.807) is 24.5 Å². The molecule has 0 aliphatic rings. The first-order valence-corrected chi connectivity index (χ1v) is 11.2. The largest absolute Gasteiger partial charge is 0.453 e. The van der Waals surface area contributed by atoms with Crippen molar-refractivity contribution in [3.05, 3.63) is 85.2 Å². The Hall–Kier alpha value is -4.08. The maximum absolute atomic E-state index is 11.4. The van der Waals surface area contributed by atoms with Gasteiger partial charge in [-0.2, -0.15) is 0 Å². The average molecular weight is 443 g/mol. The number of benzene rings is 3. The Balaban J connectivity index is 1.46. The van der Waals surface area contributed by atoms with Crippen LogP contribution in [0.25, 0.3) is 21.8 Å². The maximum atomic E-state index is 11.4. The zero-order valence-corrected chi connectivity index (χ0v) is 17.5. The normalized spacial score (nSPS) is 11.5. The summed E-state index contributed by atoms with van der Waals surface area (Å²) in [6.45, 7) is 0. The molecule has 0 saturated carbocycles. The van der Waals surface area contributed by atoms with E-state index < -0.39 is 10.0 Å². The Morgan fingerprint density at radius 2 is 1.62 bits per heavy atom. The minimum atomic E-state index is -3.75. The van der Waals surface area contributed by atoms with Crippen LogP contribution in [0.1, 0.15) is 0 Å². The van der Waals surface area contributed by atoms with Crippen molar-refractivity contribution in [2.24, 2.45) is 5.14 Å². The van der Waals surface area contributed by atoms with Crippen LogP contribution in [-0.2, 0) is 10.0 Å². The summed E-state index contributed by atoms with van der Waals surface area (Å²) in [6, 6.07) is 21.3. The number of sulfonamides is 1. The number of fused-ring (bicyclic) bond motifs is 2. The molecular weight excluding hydrogens is 426 g/mol. The van der Waals surface area contributed by atoms with Crippen LogP contribution in [0.4, 0.5) is 11.6 Å². The quantitative estimate of drug-likeness (QED) is 0.414. The second-order valence-corrected chi connectivity index (χ2v) is 8.61. The van der Waals surface area contributed by atoms with Gasteiger partial charge in [-0.3, -0.25) is 4.98 Å². The summed E-state index contributed by atoms with van der Waals surface area (Å²) in [5.74, 6) is 1.51. The van der Waals surface area contributed by atoms with E-state index in [1.807, 2.05) is 48.5 Å². The van der Waals surface area contributed by atoms with E-state index in [-0.39, 0.29) is 4.90 Å². The highest BCUT2D eigenvalue weighted by atomic mass is 32.2. The number of rotatable bonds is 5. The van der Waals surface area contributed by atoms with Gasteiger partial charge in [-0.05, 0) is 42.5 Å². The predicted octanol–water partition coefficient (Wildman–Crippen LogP) is 4.36. The average Bonchev–Trinajstić information content (AvgIpc) is 2.79. The van der Waals surface area contributed by atoms with Gasteiger partial charge in [0.15, 0.2) is 5.75 Å². The van der Waals surface area contributed by atoms with Crippen LogP contribution in [0, 0.1) is 0 Å². The van der Waals surface area contributed by atoms with E-state index in [1.165, 1.54) is 12.1 Å². The van der Waals surface area contributed by atoms with Gasteiger partial charge >= 0.3 is 0 Å². The van der Waals surface area contributed by atoms with Crippen molar-refractivity contribution in [1.29, 1.82) is 0 Å². The molecule has 0 saturated heterocycles. The summed E-state index contributed by atoms with van der Waals surface area (Å²) >= 11 is 0. The fourth-order valence-electron chi connectivity index (χ4n) is 3.26. The molecule has 0 aliphatic carbocycles. The van der Waals surface area contributed by atoms with Gasteiger partial charge in [-0.1, -0.05) is 30.3 Å². The molecule has 5 rings (SSSR count). The summed E-state index contributed by atoms with van der Waals surface area (Å²) in [5, 5.41) is 9.99. The van der Waals surface area contributed by atoms with E-state index in [4.69, 9.17) is 9.88 Å². The fourth-order valence-corrected chi connectivity index (χ4v) is 3.78. The zero-order chi connectivity index (χ0) is 22.1. The Morgan fingerprint density at radius 1 is 0.844 bits per heavy atom. The summed E-state index contributed by atoms with van der Waals surface area (Å²) in [4.78, 5) is 13.4. The van der Waals surface area contributed by atoms with Crippen molar-refractivity contribution in [3.8, 4) is 11.5 Å². The molecule has 32 heavy (non-hydrogen) atoms. The Kier molecular flexibility index (Phi) is 4.89. The minimum Gasteiger partial charge on any atom is -0.453 e. The molecule has 2 heterocycles. The lowest BCUT2D eigenvalue weighted by atomic mass is 10.2. The first-order valence-electron chi connectivity index (χ1n) is 9.64. The number of hydrogen-bond acceptors (Lipinski definition) is 7. The molecule has 8 nitrogen and oxygen atoms in total. The predicted molar refractivity (Wildman–Crippen MR) is 122 cm³/mol. The van der Waals surface area contributed by atoms with E-state index in [9.17, 15) is 8.42 Å². The van der Waals surface area contributed by atoms with Crippen LogP contribution in [0.15, 0.2) is 90.1 Å². The molecule has 0 bridgehead atoms. The monoisotopic (exact) mass is 443 g/mol. The molecule has 5 aromatic rings. The molecule has 0 atom stereocenters. The molecule has 0 unspecified atom stereocenters. The molecule has 0 amide bonds. The number of pyridine rings is 1. The molecule has 3 N–H and O–H groups in total. The minimum absolute atomic E-state index is 0.0298. The van der Waals surface area contributed by atoms with Gasteiger partial charge in [0.1, 0.15) is 11.3 Å². The molecule has 3 aromatic carbocycles. The van der Waals surface area contributed by atoms with E-state index in [2.05, 4.69) is 20.3 Å². The smallest absolute Gasteiger partial charge is 0.238 e. The van der Waals surface area contributed by atoms with Crippen molar-refractivity contribution in [3.63, 3.8) is 0 Å². The Bertz CT molecular complexity index is 1550. The van der Waals surface area contributed by atoms with Crippen LogP contribution >= 0.6 is 0 Å². The molecule has 0 radical (unpaired) electrons. The third-order valence-electron chi connectivity index (χ3n) is 4.81. The number of hydrogen-bond donors (Lipinski definition) is 2. The number of aromatic nitrogens is 3. The van der Waals surface area contributed by atoms with Gasteiger partial charge in [-0.25, -0.2) is 23.5 Å². The Labute approximate surface area is 183 Å². The van der Waals surface area contributed by atoms with Crippen LogP contribution in [0.2, 0.25) is 0 Å². The summed E-state index contributed by atoms with van der Waals surface area (Å²) in [7, 11) is -3.75. The van der Waals surface area contributed by atoms with Gasteiger partial charge < -0.3 is 10.1 Å². The van der Waals surface area contributed by atoms with Gasteiger partial charge in [0.05, 0.1) is 16.6 Å². The topological polar surface area (TPSA) is 120 Å². The molecule has 2 aromatic heterocycles. The number of ether oxygens (including phenoxy) is 1. The molecule has 158 valence electrons. The van der Waals surface area contributed by atoms with Gasteiger partial charge in [0, 0.05) is 22.7 Å². The SMILES string of the molecule is NS(=O)(=O)c1ccc(Nc2ncc3cccc(Oc4cnc5ccccc5c4)c3n2)cc1. The van der Waals surface area contributed by atoms with Crippen LogP contribution in [0.5, 0.6) is 11.5 Å². The molecule has 0 aliphatic heterocycles. The van der Waals surface area contributed by atoms with Crippen LogP contribution in [0.3, 0.4) is 0 Å². The van der Waals surface area contributed by atoms with Crippen LogP contribution in [-0.4, -0.2) is 23.4 Å². The first-order chi connectivity index (χ1) is 15.5. The molecule has 0 spiro atoms. The molecule has 0 fully saturated rings. The second-order valence-electron chi connectivity index (χ2n) is 7.05. The molecule has 9 heteroatoms. The van der Waals surface area contributed by atoms with E-state index in [0.29, 0.717) is 28.7 Å². The highest BCUT2D eigenvalue weighted by molar-refractivity contribution is 7.89. The maximum Gasteiger partial charge on any atom is 0.238 e. The zero-order valence-electron chi connectivity index (χ0n) is 16.6. The van der Waals surface area contributed by atoms with Gasteiger partial charge in [0.25, 0.3) is 0 Å². The number of nitrogens with two attached hydrogens (primary N) is 1. The van der Waals surface area contributed by atoms with Crippen molar-refractivity contribution in [2.75, 3.05) is 5.32 Å². The third kappa shape index (κ3) is 4.07.